The first-order chi connectivity index (χ1) is 19.7. The van der Waals surface area contributed by atoms with E-state index in [0.717, 1.165) is 22.3 Å². The number of nitrogens with zero attached hydrogens (tertiary/aromatic N) is 3. The number of rotatable bonds is 8. The van der Waals surface area contributed by atoms with Crippen LogP contribution < -0.4 is 26.6 Å². The normalized spacial score (nSPS) is 14.7. The smallest absolute Gasteiger partial charge is 0.331 e. The van der Waals surface area contributed by atoms with Crippen LogP contribution in [-0.2, 0) is 13.1 Å². The number of para-hydroxylation sites is 1. The highest BCUT2D eigenvalue weighted by Gasteiger charge is 2.28. The molecule has 1 aliphatic heterocycles. The van der Waals surface area contributed by atoms with E-state index in [1.54, 1.807) is 37.3 Å². The predicted molar refractivity (Wildman–Crippen MR) is 151 cm³/mol. The Kier molecular flexibility index (Phi) is 8.30. The van der Waals surface area contributed by atoms with Crippen molar-refractivity contribution in [1.82, 2.24) is 9.13 Å². The number of halogens is 3. The van der Waals surface area contributed by atoms with Crippen LogP contribution in [0.5, 0.6) is 5.75 Å². The molecule has 0 aliphatic carbocycles. The molecule has 1 saturated heterocycles. The summed E-state index contributed by atoms with van der Waals surface area (Å²) in [5.74, 6) is -1.86. The molecule has 1 aliphatic rings. The minimum Gasteiger partial charge on any atom is -0.487 e. The predicted octanol–water partition coefficient (Wildman–Crippen LogP) is 4.53. The highest BCUT2D eigenvalue weighted by Crippen LogP contribution is 2.25. The van der Waals surface area contributed by atoms with Gasteiger partial charge in [0.15, 0.2) is 11.6 Å². The van der Waals surface area contributed by atoms with Gasteiger partial charge in [0.05, 0.1) is 13.1 Å². The molecule has 5 rings (SSSR count). The Morgan fingerprint density at radius 1 is 0.854 bits per heavy atom. The topological polar surface area (TPSA) is 82.5 Å². The van der Waals surface area contributed by atoms with E-state index in [-0.39, 0.29) is 29.6 Å². The van der Waals surface area contributed by atoms with Gasteiger partial charge in [-0.1, -0.05) is 48.5 Å². The van der Waals surface area contributed by atoms with Crippen LogP contribution in [0.1, 0.15) is 35.7 Å². The number of nitrogens with two attached hydrogens (primary N) is 1. The van der Waals surface area contributed by atoms with Crippen molar-refractivity contribution in [1.29, 1.82) is 0 Å². The second kappa shape index (κ2) is 12.1. The number of ether oxygens (including phenoxy) is 1. The van der Waals surface area contributed by atoms with Crippen molar-refractivity contribution in [2.24, 2.45) is 5.73 Å². The van der Waals surface area contributed by atoms with Gasteiger partial charge in [-0.2, -0.15) is 0 Å². The maximum atomic E-state index is 14.6. The van der Waals surface area contributed by atoms with Gasteiger partial charge in [0.2, 0.25) is 0 Å². The second-order valence-corrected chi connectivity index (χ2v) is 10.2. The summed E-state index contributed by atoms with van der Waals surface area (Å²) < 4.78 is 51.5. The molecular formula is C31H31F3N4O3. The van der Waals surface area contributed by atoms with E-state index in [2.05, 4.69) is 0 Å². The Labute approximate surface area is 235 Å². The number of hydrogen-bond donors (Lipinski definition) is 1. The lowest BCUT2D eigenvalue weighted by atomic mass is 10.1. The second-order valence-electron chi connectivity index (χ2n) is 10.2. The molecule has 0 amide bonds. The minimum atomic E-state index is -0.789. The number of anilines is 1. The van der Waals surface area contributed by atoms with Gasteiger partial charge in [0.1, 0.15) is 23.4 Å². The Balaban J connectivity index is 1.50. The van der Waals surface area contributed by atoms with Gasteiger partial charge >= 0.3 is 5.69 Å². The van der Waals surface area contributed by atoms with E-state index in [4.69, 9.17) is 10.5 Å². The molecule has 4 aromatic rings. The quantitative estimate of drug-likeness (QED) is 0.340. The Bertz CT molecular complexity index is 1630. The van der Waals surface area contributed by atoms with Crippen molar-refractivity contribution in [3.05, 3.63) is 128 Å². The van der Waals surface area contributed by atoms with Crippen molar-refractivity contribution in [2.75, 3.05) is 18.0 Å². The van der Waals surface area contributed by atoms with Gasteiger partial charge < -0.3 is 15.4 Å². The molecule has 41 heavy (non-hydrogen) atoms. The summed E-state index contributed by atoms with van der Waals surface area (Å²) >= 11 is 0. The molecule has 2 heterocycles. The number of benzene rings is 3. The summed E-state index contributed by atoms with van der Waals surface area (Å²) in [4.78, 5) is 29.4. The van der Waals surface area contributed by atoms with E-state index < -0.39 is 41.3 Å². The maximum Gasteiger partial charge on any atom is 0.331 e. The van der Waals surface area contributed by atoms with E-state index >= 15 is 0 Å². The molecule has 0 spiro atoms. The average molecular weight is 565 g/mol. The zero-order valence-electron chi connectivity index (χ0n) is 22.6. The first-order valence-corrected chi connectivity index (χ1v) is 13.5. The molecule has 214 valence electrons. The van der Waals surface area contributed by atoms with E-state index in [0.29, 0.717) is 31.6 Å². The summed E-state index contributed by atoms with van der Waals surface area (Å²) in [5, 5.41) is 0. The van der Waals surface area contributed by atoms with Crippen LogP contribution in [0.4, 0.5) is 18.9 Å². The van der Waals surface area contributed by atoms with Gasteiger partial charge in [-0.15, -0.1) is 0 Å². The number of hydrogen-bond acceptors (Lipinski definition) is 5. The summed E-state index contributed by atoms with van der Waals surface area (Å²) in [7, 11) is 0. The molecular weight excluding hydrogens is 533 g/mol. The lowest BCUT2D eigenvalue weighted by molar-refractivity contribution is 0.163. The standard InChI is InChI=1S/C31H31F3N4O3/c1-20-29(36-16-14-22(15-17-36)41-28-13-6-5-10-26(28)34)30(39)38(19-27(35)21-8-3-2-4-9-21)31(40)37(20)18-23-24(32)11-7-12-25(23)33/h2-13,22,27H,14-19,35H2,1H3/t27-/m0/s1. The molecule has 0 saturated carbocycles. The summed E-state index contributed by atoms with van der Waals surface area (Å²) in [5.41, 5.74) is 6.17. The molecule has 10 heteroatoms. The van der Waals surface area contributed by atoms with Gasteiger partial charge in [-0.3, -0.25) is 13.9 Å². The van der Waals surface area contributed by atoms with Gasteiger partial charge in [0, 0.05) is 43.2 Å². The Hall–Kier alpha value is -4.31. The monoisotopic (exact) mass is 564 g/mol. The van der Waals surface area contributed by atoms with Crippen LogP contribution in [0.2, 0.25) is 0 Å². The molecule has 2 N–H and O–H groups in total. The van der Waals surface area contributed by atoms with Crippen molar-refractivity contribution in [2.45, 2.75) is 45.0 Å². The fourth-order valence-corrected chi connectivity index (χ4v) is 5.26. The van der Waals surface area contributed by atoms with Crippen LogP contribution >= 0.6 is 0 Å². The van der Waals surface area contributed by atoms with E-state index in [1.165, 1.54) is 16.7 Å². The van der Waals surface area contributed by atoms with Crippen LogP contribution in [0, 0.1) is 24.4 Å². The lowest BCUT2D eigenvalue weighted by Gasteiger charge is -2.35. The van der Waals surface area contributed by atoms with Gasteiger partial charge in [0.25, 0.3) is 5.56 Å². The zero-order chi connectivity index (χ0) is 29.1. The molecule has 1 aromatic heterocycles. The average Bonchev–Trinajstić information content (AvgIpc) is 2.97. The van der Waals surface area contributed by atoms with Crippen molar-refractivity contribution in [3.8, 4) is 5.75 Å². The van der Waals surface area contributed by atoms with Crippen LogP contribution in [0.25, 0.3) is 0 Å². The Morgan fingerprint density at radius 3 is 2.12 bits per heavy atom. The molecule has 3 aromatic carbocycles. The van der Waals surface area contributed by atoms with Crippen LogP contribution in [-0.4, -0.2) is 28.3 Å². The molecule has 1 atom stereocenters. The maximum absolute atomic E-state index is 14.6. The molecule has 0 bridgehead atoms. The summed E-state index contributed by atoms with van der Waals surface area (Å²) in [6, 6.07) is 18.1. The van der Waals surface area contributed by atoms with Crippen molar-refractivity contribution < 1.29 is 17.9 Å². The van der Waals surface area contributed by atoms with Crippen molar-refractivity contribution >= 4 is 5.69 Å². The minimum absolute atomic E-state index is 0.123. The lowest BCUT2D eigenvalue weighted by Crippen LogP contribution is -2.48. The van der Waals surface area contributed by atoms with Gasteiger partial charge in [-0.25, -0.2) is 18.0 Å². The van der Waals surface area contributed by atoms with Crippen molar-refractivity contribution in [3.63, 3.8) is 0 Å². The van der Waals surface area contributed by atoms with E-state index in [9.17, 15) is 22.8 Å². The number of aromatic nitrogens is 2. The third-order valence-electron chi connectivity index (χ3n) is 7.53. The molecule has 0 radical (unpaired) electrons. The van der Waals surface area contributed by atoms with Crippen LogP contribution in [0.15, 0.2) is 82.4 Å². The third-order valence-corrected chi connectivity index (χ3v) is 7.53. The largest absolute Gasteiger partial charge is 0.487 e. The van der Waals surface area contributed by atoms with E-state index in [1.807, 2.05) is 23.1 Å². The molecule has 7 nitrogen and oxygen atoms in total. The summed E-state index contributed by atoms with van der Waals surface area (Å²) in [6.45, 7) is 1.87. The SMILES string of the molecule is Cc1c(N2CCC(Oc3ccccc3F)CC2)c(=O)n(C[C@H](N)c2ccccc2)c(=O)n1Cc1c(F)cccc1F. The summed E-state index contributed by atoms with van der Waals surface area (Å²) in [6.07, 6.45) is 0.728. The molecule has 0 unspecified atom stereocenters. The zero-order valence-corrected chi connectivity index (χ0v) is 22.6. The number of piperidine rings is 1. The first-order valence-electron chi connectivity index (χ1n) is 13.5. The fourth-order valence-electron chi connectivity index (χ4n) is 5.26. The van der Waals surface area contributed by atoms with Crippen LogP contribution in [0.3, 0.4) is 0 Å². The first kappa shape index (κ1) is 28.2. The fraction of sp³-hybridized carbons (Fsp3) is 0.290. The third kappa shape index (κ3) is 5.92. The highest BCUT2D eigenvalue weighted by molar-refractivity contribution is 5.49. The molecule has 1 fully saturated rings. The Morgan fingerprint density at radius 2 is 1.46 bits per heavy atom. The highest BCUT2D eigenvalue weighted by atomic mass is 19.1. The van der Waals surface area contributed by atoms with Gasteiger partial charge in [-0.05, 0) is 36.8 Å².